The molecular formula is C26H28F2N2O5. The van der Waals surface area contributed by atoms with Gasteiger partial charge in [-0.05, 0) is 61.6 Å². The number of rotatable bonds is 8. The third-order valence-corrected chi connectivity index (χ3v) is 6.85. The quantitative estimate of drug-likeness (QED) is 0.532. The second kappa shape index (κ2) is 9.91. The summed E-state index contributed by atoms with van der Waals surface area (Å²) < 4.78 is 39.2. The molecule has 2 aromatic rings. The van der Waals surface area contributed by atoms with E-state index in [2.05, 4.69) is 10.6 Å². The Morgan fingerprint density at radius 3 is 2.66 bits per heavy atom. The van der Waals surface area contributed by atoms with Gasteiger partial charge in [0.05, 0.1) is 19.1 Å². The number of fused-ring (bicyclic) bond motifs is 3. The van der Waals surface area contributed by atoms with Crippen LogP contribution in [0.15, 0.2) is 36.4 Å². The van der Waals surface area contributed by atoms with Gasteiger partial charge in [0.1, 0.15) is 29.6 Å². The van der Waals surface area contributed by atoms with Crippen LogP contribution in [0.4, 0.5) is 14.5 Å². The van der Waals surface area contributed by atoms with E-state index in [-0.39, 0.29) is 42.9 Å². The van der Waals surface area contributed by atoms with Gasteiger partial charge in [0.25, 0.3) is 0 Å². The molecule has 9 heteroatoms. The van der Waals surface area contributed by atoms with Gasteiger partial charge in [-0.3, -0.25) is 9.59 Å². The number of nitrogens with one attached hydrogen (secondary N) is 2. The number of hydrogen-bond acceptors (Lipinski definition) is 5. The zero-order chi connectivity index (χ0) is 24.5. The number of carbonyl (C=O) groups is 2. The fraction of sp³-hybridized carbons (Fsp3) is 0.462. The SMILES string of the molecule is O=C(C[C@H]1C[C@@H]2c3cc(NC(=O)CC4CC4)ccc3O[C@@H]2[C@H](CO)O1)NCc1cc(F)ccc1F. The first-order chi connectivity index (χ1) is 16.9. The summed E-state index contributed by atoms with van der Waals surface area (Å²) >= 11 is 0. The van der Waals surface area contributed by atoms with Gasteiger partial charge in [-0.25, -0.2) is 8.78 Å². The number of aliphatic hydroxyl groups is 1. The van der Waals surface area contributed by atoms with Gasteiger partial charge in [-0.2, -0.15) is 0 Å². The van der Waals surface area contributed by atoms with Crippen molar-refractivity contribution in [1.29, 1.82) is 0 Å². The molecule has 0 unspecified atom stereocenters. The highest BCUT2D eigenvalue weighted by molar-refractivity contribution is 5.91. The van der Waals surface area contributed by atoms with Crippen molar-refractivity contribution in [3.63, 3.8) is 0 Å². The van der Waals surface area contributed by atoms with Crippen molar-refractivity contribution in [1.82, 2.24) is 5.32 Å². The van der Waals surface area contributed by atoms with E-state index in [1.54, 1.807) is 6.07 Å². The van der Waals surface area contributed by atoms with Gasteiger partial charge in [-0.15, -0.1) is 0 Å². The van der Waals surface area contributed by atoms with Gasteiger partial charge < -0.3 is 25.2 Å². The van der Waals surface area contributed by atoms with Crippen LogP contribution in [0.2, 0.25) is 0 Å². The molecule has 0 aromatic heterocycles. The zero-order valence-electron chi connectivity index (χ0n) is 19.1. The highest BCUT2D eigenvalue weighted by Crippen LogP contribution is 2.47. The number of ether oxygens (including phenoxy) is 2. The van der Waals surface area contributed by atoms with E-state index in [9.17, 15) is 23.5 Å². The second-order valence-electron chi connectivity index (χ2n) is 9.57. The van der Waals surface area contributed by atoms with E-state index < -0.39 is 29.9 Å². The summed E-state index contributed by atoms with van der Waals surface area (Å²) in [5.74, 6) is -0.498. The van der Waals surface area contributed by atoms with Crippen LogP contribution in [-0.2, 0) is 20.9 Å². The predicted molar refractivity (Wildman–Crippen MR) is 123 cm³/mol. The first-order valence-corrected chi connectivity index (χ1v) is 12.0. The molecule has 186 valence electrons. The molecule has 5 rings (SSSR count). The molecule has 2 aromatic carbocycles. The van der Waals surface area contributed by atoms with Gasteiger partial charge in [0.15, 0.2) is 0 Å². The smallest absolute Gasteiger partial charge is 0.224 e. The van der Waals surface area contributed by atoms with Crippen LogP contribution in [0, 0.1) is 17.6 Å². The molecule has 1 aliphatic carbocycles. The van der Waals surface area contributed by atoms with Crippen LogP contribution in [0.1, 0.15) is 49.1 Å². The highest BCUT2D eigenvalue weighted by Gasteiger charge is 2.46. The van der Waals surface area contributed by atoms with E-state index in [1.165, 1.54) is 0 Å². The highest BCUT2D eigenvalue weighted by atomic mass is 19.1. The molecule has 0 bridgehead atoms. The maximum Gasteiger partial charge on any atom is 0.224 e. The Labute approximate surface area is 201 Å². The molecular weight excluding hydrogens is 458 g/mol. The third-order valence-electron chi connectivity index (χ3n) is 6.85. The topological polar surface area (TPSA) is 96.9 Å². The monoisotopic (exact) mass is 486 g/mol. The summed E-state index contributed by atoms with van der Waals surface area (Å²) in [4.78, 5) is 24.8. The Bertz CT molecular complexity index is 1120. The number of carbonyl (C=O) groups excluding carboxylic acids is 2. The van der Waals surface area contributed by atoms with Crippen molar-refractivity contribution in [2.45, 2.75) is 62.9 Å². The van der Waals surface area contributed by atoms with E-state index in [0.29, 0.717) is 30.2 Å². The van der Waals surface area contributed by atoms with Gasteiger partial charge in [0, 0.05) is 35.7 Å². The molecule has 1 saturated heterocycles. The average molecular weight is 487 g/mol. The van der Waals surface area contributed by atoms with E-state index in [0.717, 1.165) is 36.6 Å². The van der Waals surface area contributed by atoms with Crippen LogP contribution >= 0.6 is 0 Å². The number of anilines is 1. The van der Waals surface area contributed by atoms with Crippen LogP contribution < -0.4 is 15.4 Å². The van der Waals surface area contributed by atoms with Gasteiger partial charge in [-0.1, -0.05) is 0 Å². The first-order valence-electron chi connectivity index (χ1n) is 12.0. The largest absolute Gasteiger partial charge is 0.487 e. The van der Waals surface area contributed by atoms with Crippen LogP contribution in [-0.4, -0.2) is 41.8 Å². The van der Waals surface area contributed by atoms with Crippen molar-refractivity contribution in [2.75, 3.05) is 11.9 Å². The zero-order valence-corrected chi connectivity index (χ0v) is 19.1. The lowest BCUT2D eigenvalue weighted by atomic mass is 9.84. The lowest BCUT2D eigenvalue weighted by Crippen LogP contribution is -2.47. The molecule has 2 heterocycles. The standard InChI is InChI=1S/C26H28F2N2O5/c27-16-3-5-21(28)15(8-16)12-29-24(32)11-18-10-20-19-9-17(30-25(33)7-14-1-2-14)4-6-22(19)35-26(20)23(13-31)34-18/h3-6,8-9,14,18,20,23,26,31H,1-2,7,10-13H2,(H,29,32)(H,30,33)/t18-,20-,23+,26+/m1/s1. The average Bonchev–Trinajstić information content (AvgIpc) is 3.57. The van der Waals surface area contributed by atoms with Crippen LogP contribution in [0.3, 0.4) is 0 Å². The first kappa shape index (κ1) is 23.7. The summed E-state index contributed by atoms with van der Waals surface area (Å²) in [5.41, 5.74) is 1.66. The molecule has 7 nitrogen and oxygen atoms in total. The number of aliphatic hydroxyl groups excluding tert-OH is 1. The van der Waals surface area contributed by atoms with Crippen LogP contribution in [0.5, 0.6) is 5.75 Å². The van der Waals surface area contributed by atoms with Crippen molar-refractivity contribution in [3.8, 4) is 5.75 Å². The van der Waals surface area contributed by atoms with E-state index in [4.69, 9.17) is 9.47 Å². The van der Waals surface area contributed by atoms with Gasteiger partial charge in [0.2, 0.25) is 11.8 Å². The minimum atomic E-state index is -0.618. The molecule has 3 N–H and O–H groups in total. The molecule has 0 radical (unpaired) electrons. The Hall–Kier alpha value is -3.04. The Kier molecular flexibility index (Phi) is 6.71. The summed E-state index contributed by atoms with van der Waals surface area (Å²) in [5, 5.41) is 15.5. The summed E-state index contributed by atoms with van der Waals surface area (Å²) in [6, 6.07) is 8.60. The number of benzene rings is 2. The Morgan fingerprint density at radius 1 is 1.06 bits per heavy atom. The maximum absolute atomic E-state index is 13.8. The van der Waals surface area contributed by atoms with Crippen molar-refractivity contribution in [2.24, 2.45) is 5.92 Å². The maximum atomic E-state index is 13.8. The van der Waals surface area contributed by atoms with Crippen LogP contribution in [0.25, 0.3) is 0 Å². The Balaban J connectivity index is 1.23. The molecule has 0 spiro atoms. The molecule has 35 heavy (non-hydrogen) atoms. The van der Waals surface area contributed by atoms with Crippen molar-refractivity contribution >= 4 is 17.5 Å². The summed E-state index contributed by atoms with van der Waals surface area (Å²) in [6.07, 6.45) is 1.71. The normalized spacial score (nSPS) is 24.8. The molecule has 2 amide bonds. The molecule has 1 saturated carbocycles. The predicted octanol–water partition coefficient (Wildman–Crippen LogP) is 3.40. The van der Waals surface area contributed by atoms with Crippen molar-refractivity contribution < 1.29 is 33.0 Å². The summed E-state index contributed by atoms with van der Waals surface area (Å²) in [7, 11) is 0. The molecule has 3 aliphatic rings. The van der Waals surface area contributed by atoms with E-state index in [1.807, 2.05) is 12.1 Å². The second-order valence-corrected chi connectivity index (χ2v) is 9.57. The van der Waals surface area contributed by atoms with E-state index >= 15 is 0 Å². The Morgan fingerprint density at radius 2 is 1.89 bits per heavy atom. The third kappa shape index (κ3) is 5.46. The number of hydrogen-bond donors (Lipinski definition) is 3. The fourth-order valence-electron chi connectivity index (χ4n) is 4.91. The minimum absolute atomic E-state index is 0.00377. The minimum Gasteiger partial charge on any atom is -0.487 e. The molecule has 2 fully saturated rings. The molecule has 2 aliphatic heterocycles. The lowest BCUT2D eigenvalue weighted by molar-refractivity contribution is -0.142. The number of amides is 2. The molecule has 4 atom stereocenters. The summed E-state index contributed by atoms with van der Waals surface area (Å²) in [6.45, 7) is -0.409. The fourth-order valence-corrected chi connectivity index (χ4v) is 4.91. The van der Waals surface area contributed by atoms with Crippen molar-refractivity contribution in [3.05, 3.63) is 59.2 Å². The lowest BCUT2D eigenvalue weighted by Gasteiger charge is -2.37. The number of halogens is 2. The van der Waals surface area contributed by atoms with Gasteiger partial charge >= 0.3 is 0 Å².